The van der Waals surface area contributed by atoms with Crippen molar-refractivity contribution in [3.63, 3.8) is 0 Å². The summed E-state index contributed by atoms with van der Waals surface area (Å²) < 4.78 is 16.9. The Balaban J connectivity index is 4.27. The number of ether oxygens (including phenoxy) is 3. The third kappa shape index (κ3) is 53.4. The first kappa shape index (κ1) is 64.4. The first-order chi connectivity index (χ1) is 32.2. The van der Waals surface area contributed by atoms with E-state index in [1.807, 2.05) is 0 Å². The minimum Gasteiger partial charge on any atom is -0.462 e. The van der Waals surface area contributed by atoms with Crippen LogP contribution in [0.3, 0.4) is 0 Å². The van der Waals surface area contributed by atoms with Gasteiger partial charge in [0.25, 0.3) is 0 Å². The van der Waals surface area contributed by atoms with Gasteiger partial charge in [0.1, 0.15) is 13.2 Å². The molecule has 0 heterocycles. The van der Waals surface area contributed by atoms with E-state index in [0.717, 1.165) is 69.6 Å². The summed E-state index contributed by atoms with van der Waals surface area (Å²) in [6.45, 7) is 11.4. The van der Waals surface area contributed by atoms with E-state index in [1.54, 1.807) is 0 Å². The molecule has 0 bridgehead atoms. The Kier molecular flexibility index (Phi) is 51.5. The average Bonchev–Trinajstić information content (AvgIpc) is 3.29. The van der Waals surface area contributed by atoms with Gasteiger partial charge in [-0.3, -0.25) is 14.4 Å². The van der Waals surface area contributed by atoms with Gasteiger partial charge in [-0.25, -0.2) is 0 Å². The highest BCUT2D eigenvalue weighted by Gasteiger charge is 2.19. The molecule has 0 aromatic rings. The Morgan fingerprint density at radius 2 is 0.500 bits per heavy atom. The first-order valence-corrected chi connectivity index (χ1v) is 29.7. The van der Waals surface area contributed by atoms with Crippen molar-refractivity contribution in [3.8, 4) is 0 Å². The monoisotopic (exact) mass is 933 g/mol. The SMILES string of the molecule is CCCCCCCCCCCCCCCCCCCCC(=O)O[C@H](COC(=O)CCCCCCCCCCCCCCCCCC(C)C)COC(=O)CCCCCCCCCCCC(C)C. The van der Waals surface area contributed by atoms with Crippen LogP contribution in [0.2, 0.25) is 0 Å². The van der Waals surface area contributed by atoms with Crippen molar-refractivity contribution in [1.82, 2.24) is 0 Å². The molecule has 0 aliphatic heterocycles. The van der Waals surface area contributed by atoms with Gasteiger partial charge in [0, 0.05) is 19.3 Å². The molecular formula is C60H116O6. The fourth-order valence-electron chi connectivity index (χ4n) is 9.23. The molecule has 0 aliphatic carbocycles. The molecule has 0 radical (unpaired) electrons. The summed E-state index contributed by atoms with van der Waals surface area (Å²) in [5.41, 5.74) is 0. The molecule has 0 spiro atoms. The Labute approximate surface area is 412 Å². The maximum atomic E-state index is 12.9. The predicted molar refractivity (Wildman–Crippen MR) is 284 cm³/mol. The number of esters is 3. The molecule has 6 nitrogen and oxygen atoms in total. The molecule has 1 atom stereocenters. The highest BCUT2D eigenvalue weighted by molar-refractivity contribution is 5.71. The zero-order chi connectivity index (χ0) is 48.2. The van der Waals surface area contributed by atoms with E-state index in [-0.39, 0.29) is 31.1 Å². The minimum atomic E-state index is -0.763. The Morgan fingerprint density at radius 3 is 0.742 bits per heavy atom. The second-order valence-corrected chi connectivity index (χ2v) is 21.6. The van der Waals surface area contributed by atoms with Gasteiger partial charge >= 0.3 is 17.9 Å². The van der Waals surface area contributed by atoms with E-state index in [9.17, 15) is 14.4 Å². The van der Waals surface area contributed by atoms with Crippen molar-refractivity contribution in [3.05, 3.63) is 0 Å². The highest BCUT2D eigenvalue weighted by Crippen LogP contribution is 2.18. The fraction of sp³-hybridized carbons (Fsp3) is 0.950. The molecule has 0 N–H and O–H groups in total. The molecule has 0 unspecified atom stereocenters. The number of hydrogen-bond acceptors (Lipinski definition) is 6. The van der Waals surface area contributed by atoms with E-state index >= 15 is 0 Å². The van der Waals surface area contributed by atoms with Crippen LogP contribution in [0.25, 0.3) is 0 Å². The molecule has 0 amide bonds. The molecule has 0 aromatic heterocycles. The smallest absolute Gasteiger partial charge is 0.306 e. The number of unbranched alkanes of at least 4 members (excludes halogenated alkanes) is 39. The molecule has 0 aliphatic rings. The van der Waals surface area contributed by atoms with Gasteiger partial charge < -0.3 is 14.2 Å². The summed E-state index contributed by atoms with van der Waals surface area (Å²) in [6.07, 6.45) is 56.7. The van der Waals surface area contributed by atoms with Gasteiger partial charge in [-0.1, -0.05) is 298 Å². The third-order valence-electron chi connectivity index (χ3n) is 13.7. The molecule has 0 saturated heterocycles. The number of rotatable bonds is 54. The van der Waals surface area contributed by atoms with Gasteiger partial charge in [0.2, 0.25) is 0 Å². The number of hydrogen-bond donors (Lipinski definition) is 0. The maximum Gasteiger partial charge on any atom is 0.306 e. The summed E-state index contributed by atoms with van der Waals surface area (Å²) in [5.74, 6) is 0.819. The summed E-state index contributed by atoms with van der Waals surface area (Å²) in [4.78, 5) is 38.2. The fourth-order valence-corrected chi connectivity index (χ4v) is 9.23. The summed E-state index contributed by atoms with van der Waals surface area (Å²) in [5, 5.41) is 0. The van der Waals surface area contributed by atoms with E-state index in [4.69, 9.17) is 14.2 Å². The van der Waals surface area contributed by atoms with Gasteiger partial charge in [0.15, 0.2) is 6.10 Å². The molecule has 0 rings (SSSR count). The van der Waals surface area contributed by atoms with E-state index in [0.29, 0.717) is 19.3 Å². The molecule has 0 saturated carbocycles. The Hall–Kier alpha value is -1.59. The quantitative estimate of drug-likeness (QED) is 0.0343. The highest BCUT2D eigenvalue weighted by atomic mass is 16.6. The lowest BCUT2D eigenvalue weighted by atomic mass is 10.0. The van der Waals surface area contributed by atoms with Crippen molar-refractivity contribution in [1.29, 1.82) is 0 Å². The second-order valence-electron chi connectivity index (χ2n) is 21.6. The topological polar surface area (TPSA) is 78.9 Å². The van der Waals surface area contributed by atoms with Crippen LogP contribution in [0.1, 0.15) is 336 Å². The van der Waals surface area contributed by atoms with E-state index < -0.39 is 6.10 Å². The van der Waals surface area contributed by atoms with E-state index in [1.165, 1.54) is 225 Å². The van der Waals surface area contributed by atoms with Gasteiger partial charge in [-0.2, -0.15) is 0 Å². The number of carbonyl (C=O) groups is 3. The van der Waals surface area contributed by atoms with Crippen molar-refractivity contribution >= 4 is 17.9 Å². The molecule has 6 heteroatoms. The van der Waals surface area contributed by atoms with Crippen LogP contribution in [-0.4, -0.2) is 37.2 Å². The van der Waals surface area contributed by atoms with Crippen LogP contribution in [0.15, 0.2) is 0 Å². The van der Waals surface area contributed by atoms with Gasteiger partial charge in [-0.05, 0) is 31.1 Å². The van der Waals surface area contributed by atoms with Crippen molar-refractivity contribution in [2.24, 2.45) is 11.8 Å². The Morgan fingerprint density at radius 1 is 0.288 bits per heavy atom. The van der Waals surface area contributed by atoms with Crippen LogP contribution in [-0.2, 0) is 28.6 Å². The van der Waals surface area contributed by atoms with Crippen LogP contribution in [0.5, 0.6) is 0 Å². The predicted octanol–water partition coefficient (Wildman–Crippen LogP) is 19.7. The first-order valence-electron chi connectivity index (χ1n) is 29.7. The zero-order valence-electron chi connectivity index (χ0n) is 45.3. The lowest BCUT2D eigenvalue weighted by molar-refractivity contribution is -0.167. The normalized spacial score (nSPS) is 12.0. The minimum absolute atomic E-state index is 0.0628. The van der Waals surface area contributed by atoms with Crippen LogP contribution >= 0.6 is 0 Å². The summed E-state index contributed by atoms with van der Waals surface area (Å²) >= 11 is 0. The largest absolute Gasteiger partial charge is 0.462 e. The van der Waals surface area contributed by atoms with Gasteiger partial charge in [-0.15, -0.1) is 0 Å². The average molecular weight is 934 g/mol. The van der Waals surface area contributed by atoms with Gasteiger partial charge in [0.05, 0.1) is 0 Å². The van der Waals surface area contributed by atoms with Crippen molar-refractivity contribution in [2.75, 3.05) is 13.2 Å². The van der Waals surface area contributed by atoms with Crippen molar-refractivity contribution < 1.29 is 28.6 Å². The molecule has 66 heavy (non-hydrogen) atoms. The summed E-state index contributed by atoms with van der Waals surface area (Å²) in [7, 11) is 0. The van der Waals surface area contributed by atoms with Crippen molar-refractivity contribution in [2.45, 2.75) is 343 Å². The molecule has 0 aromatic carbocycles. The summed E-state index contributed by atoms with van der Waals surface area (Å²) in [6, 6.07) is 0. The molecule has 392 valence electrons. The van der Waals surface area contributed by atoms with Crippen LogP contribution < -0.4 is 0 Å². The van der Waals surface area contributed by atoms with Crippen LogP contribution in [0.4, 0.5) is 0 Å². The third-order valence-corrected chi connectivity index (χ3v) is 13.7. The lowest BCUT2D eigenvalue weighted by Crippen LogP contribution is -2.30. The maximum absolute atomic E-state index is 12.9. The van der Waals surface area contributed by atoms with E-state index in [2.05, 4.69) is 34.6 Å². The lowest BCUT2D eigenvalue weighted by Gasteiger charge is -2.18. The van der Waals surface area contributed by atoms with Crippen LogP contribution in [0, 0.1) is 11.8 Å². The molecular weight excluding hydrogens is 817 g/mol. The zero-order valence-corrected chi connectivity index (χ0v) is 45.3. The number of carbonyl (C=O) groups excluding carboxylic acids is 3. The Bertz CT molecular complexity index is 1010. The standard InChI is InChI=1S/C60H116O6/c1-6-7-8-9-10-11-12-13-14-15-16-19-23-26-31-37-42-47-52-60(63)66-57(54-65-59(62)51-46-41-36-32-27-29-34-39-44-49-56(4)5)53-64-58(61)50-45-40-35-30-25-22-20-17-18-21-24-28-33-38-43-48-55(2)3/h55-57H,6-54H2,1-5H3/t57-/m1/s1. The second kappa shape index (κ2) is 52.8. The molecule has 0 fully saturated rings.